The molecule has 22 atom stereocenters. The Labute approximate surface area is 371 Å². The zero-order valence-electron chi connectivity index (χ0n) is 38.3. The summed E-state index contributed by atoms with van der Waals surface area (Å²) in [5.41, 5.74) is -0.390. The minimum Gasteiger partial charge on any atom is -0.432 e. The Morgan fingerprint density at radius 3 is 2.10 bits per heavy atom. The van der Waals surface area contributed by atoms with Crippen molar-refractivity contribution in [3.63, 3.8) is 0 Å². The van der Waals surface area contributed by atoms with Gasteiger partial charge in [0.2, 0.25) is 6.29 Å². The zero-order valence-corrected chi connectivity index (χ0v) is 38.3. The number of hydrogen-bond acceptors (Lipinski definition) is 16. The summed E-state index contributed by atoms with van der Waals surface area (Å²) in [6.45, 7) is 17.1. The Kier molecular flexibility index (Phi) is 12.8. The van der Waals surface area contributed by atoms with Gasteiger partial charge in [0.1, 0.15) is 61.0 Å². The van der Waals surface area contributed by atoms with E-state index in [1.54, 1.807) is 6.92 Å². The molecule has 0 aromatic carbocycles. The highest BCUT2D eigenvalue weighted by molar-refractivity contribution is 5.79. The smallest absolute Gasteiger partial charge is 0.315 e. The topological polar surface area (TPSA) is 255 Å². The van der Waals surface area contributed by atoms with Crippen LogP contribution in [0.2, 0.25) is 0 Å². The number of aliphatic hydroxyl groups excluding tert-OH is 9. The number of hydrogen-bond donors (Lipinski definition) is 9. The van der Waals surface area contributed by atoms with E-state index < -0.39 is 104 Å². The molecule has 5 aliphatic carbocycles. The van der Waals surface area contributed by atoms with Gasteiger partial charge < -0.3 is 74.4 Å². The molecule has 63 heavy (non-hydrogen) atoms. The van der Waals surface area contributed by atoms with Crippen LogP contribution < -0.4 is 0 Å². The van der Waals surface area contributed by atoms with Gasteiger partial charge in [0.05, 0.1) is 30.8 Å². The normalized spacial score (nSPS) is 54.1. The monoisotopic (exact) mass is 897 g/mol. The third kappa shape index (κ3) is 7.51. The fourth-order valence-electron chi connectivity index (χ4n) is 14.7. The molecule has 3 aliphatic heterocycles. The minimum absolute atomic E-state index is 0.0362. The van der Waals surface area contributed by atoms with Crippen molar-refractivity contribution in [1.82, 2.24) is 0 Å². The van der Waals surface area contributed by atoms with Crippen LogP contribution >= 0.6 is 0 Å². The van der Waals surface area contributed by atoms with Crippen LogP contribution in [0, 0.1) is 50.2 Å². The minimum atomic E-state index is -1.67. The third-order valence-corrected chi connectivity index (χ3v) is 18.9. The lowest BCUT2D eigenvalue weighted by molar-refractivity contribution is -0.367. The molecule has 0 radical (unpaired) electrons. The van der Waals surface area contributed by atoms with Gasteiger partial charge in [0.25, 0.3) is 0 Å². The molecule has 9 N–H and O–H groups in total. The lowest BCUT2D eigenvalue weighted by atomic mass is 9.33. The molecule has 8 rings (SSSR count). The Morgan fingerprint density at radius 1 is 0.714 bits per heavy atom. The molecular formula is C47H76O16. The summed E-state index contributed by atoms with van der Waals surface area (Å²) < 4.78 is 36.3. The Morgan fingerprint density at radius 2 is 1.40 bits per heavy atom. The quantitative estimate of drug-likeness (QED) is 0.100. The van der Waals surface area contributed by atoms with Gasteiger partial charge in [-0.25, -0.2) is 0 Å². The lowest BCUT2D eigenvalue weighted by Crippen LogP contribution is -2.66. The van der Waals surface area contributed by atoms with Crippen LogP contribution in [0.4, 0.5) is 0 Å². The van der Waals surface area contributed by atoms with E-state index in [0.29, 0.717) is 25.2 Å². The molecule has 16 nitrogen and oxygen atoms in total. The molecule has 0 amide bonds. The summed E-state index contributed by atoms with van der Waals surface area (Å²) in [6, 6.07) is 0. The molecule has 3 saturated heterocycles. The number of aliphatic hydroxyl groups is 9. The molecule has 8 aliphatic rings. The van der Waals surface area contributed by atoms with E-state index >= 15 is 0 Å². The van der Waals surface area contributed by atoms with Gasteiger partial charge >= 0.3 is 5.97 Å². The average molecular weight is 897 g/mol. The van der Waals surface area contributed by atoms with E-state index in [1.165, 1.54) is 5.57 Å². The zero-order chi connectivity index (χ0) is 46.0. The number of allylic oxidation sites excluding steroid dienone is 2. The fourth-order valence-corrected chi connectivity index (χ4v) is 14.7. The second kappa shape index (κ2) is 16.7. The third-order valence-electron chi connectivity index (χ3n) is 18.9. The molecule has 3 unspecified atom stereocenters. The van der Waals surface area contributed by atoms with Gasteiger partial charge in [0.15, 0.2) is 12.6 Å². The number of carbonyl (C=O) groups is 1. The Bertz CT molecular complexity index is 1720. The van der Waals surface area contributed by atoms with Crippen molar-refractivity contribution in [3.05, 3.63) is 11.6 Å². The van der Waals surface area contributed by atoms with Crippen LogP contribution in [0.3, 0.4) is 0 Å². The summed E-state index contributed by atoms with van der Waals surface area (Å²) in [6.07, 6.45) is -9.40. The summed E-state index contributed by atoms with van der Waals surface area (Å²) in [5, 5.41) is 94.7. The van der Waals surface area contributed by atoms with Crippen LogP contribution in [0.1, 0.15) is 120 Å². The van der Waals surface area contributed by atoms with Crippen LogP contribution in [-0.2, 0) is 33.2 Å². The molecule has 4 saturated carbocycles. The maximum Gasteiger partial charge on any atom is 0.315 e. The highest BCUT2D eigenvalue weighted by atomic mass is 16.8. The Balaban J connectivity index is 1.04. The first kappa shape index (κ1) is 48.1. The van der Waals surface area contributed by atoms with Gasteiger partial charge in [-0.2, -0.15) is 0 Å². The van der Waals surface area contributed by atoms with Crippen molar-refractivity contribution < 1.29 is 79.2 Å². The molecule has 0 aromatic rings. The standard InChI is InChI=1S/C47H76O16/c1-22-30(50)34(54)37(62-38-35(55)31(51)25(49)21-58-38)40(59-22)61-29-12-13-44(6)27(43(29,4)5)11-14-46(8)28(44)10-9-23-24-19-42(2,3)15-17-47(24,18-16-45(23,46)7)41(57)63-39-36(56)33(53)32(52)26(20-48)60-39/h9,22,24-40,48-56H,10-21H2,1-8H3/t22-,24?,25-,26-,27?,28?,29+,30-,31+,32-,33+,34+,35-,36-,37+,38-,39+,40+,44+,45-,46-,47+/m1/s1. The van der Waals surface area contributed by atoms with E-state index in [1.807, 2.05) is 0 Å². The van der Waals surface area contributed by atoms with Crippen LogP contribution in [0.15, 0.2) is 11.6 Å². The van der Waals surface area contributed by atoms with Crippen LogP contribution in [-0.4, -0.2) is 157 Å². The molecule has 16 heteroatoms. The fraction of sp³-hybridized carbons (Fsp3) is 0.936. The van der Waals surface area contributed by atoms with Gasteiger partial charge in [-0.15, -0.1) is 0 Å². The van der Waals surface area contributed by atoms with E-state index in [4.69, 9.17) is 28.4 Å². The van der Waals surface area contributed by atoms with E-state index in [-0.39, 0.29) is 51.6 Å². The SMILES string of the molecule is C[C@H]1O[C@@H](O[C@H]2CC[C@@]3(C)C(CC[C@]4(C)C3CC=C3C5CC(C)(C)CC[C@]5(C(=O)O[C@@H]5O[C@H](CO)[C@@H](O)[C@H](O)[C@H]5O)CC[C@]34C)C2(C)C)[C@@H](O[C@H]2OC[C@@H](O)[C@H](O)[C@H]2O)[C@@H](O)[C@@H]1O. The van der Waals surface area contributed by atoms with Gasteiger partial charge in [-0.05, 0) is 116 Å². The maximum atomic E-state index is 14.7. The number of carbonyl (C=O) groups excluding carboxylic acids is 1. The number of rotatable bonds is 7. The predicted molar refractivity (Wildman–Crippen MR) is 223 cm³/mol. The molecule has 3 heterocycles. The molecule has 0 aromatic heterocycles. The molecule has 0 bridgehead atoms. The number of ether oxygens (including phenoxy) is 6. The van der Waals surface area contributed by atoms with Crippen molar-refractivity contribution in [2.45, 2.75) is 212 Å². The van der Waals surface area contributed by atoms with E-state index in [2.05, 4.69) is 54.5 Å². The van der Waals surface area contributed by atoms with Gasteiger partial charge in [0, 0.05) is 0 Å². The van der Waals surface area contributed by atoms with Crippen molar-refractivity contribution in [3.8, 4) is 0 Å². The first-order valence-corrected chi connectivity index (χ1v) is 23.6. The molecule has 0 spiro atoms. The number of esters is 1. The second-order valence-electron chi connectivity index (χ2n) is 23.0. The highest BCUT2D eigenvalue weighted by Crippen LogP contribution is 2.76. The largest absolute Gasteiger partial charge is 0.432 e. The lowest BCUT2D eigenvalue weighted by Gasteiger charge is -2.71. The summed E-state index contributed by atoms with van der Waals surface area (Å²) in [5.74, 6) is -0.0328. The summed E-state index contributed by atoms with van der Waals surface area (Å²) in [7, 11) is 0. The predicted octanol–water partition coefficient (Wildman–Crippen LogP) is 1.81. The van der Waals surface area contributed by atoms with E-state index in [0.717, 1.165) is 44.9 Å². The number of fused-ring (bicyclic) bond motifs is 7. The highest BCUT2D eigenvalue weighted by Gasteiger charge is 2.70. The first-order chi connectivity index (χ1) is 29.4. The van der Waals surface area contributed by atoms with Crippen molar-refractivity contribution >= 4 is 5.97 Å². The Hall–Kier alpha value is -1.35. The average Bonchev–Trinajstić information content (AvgIpc) is 3.22. The van der Waals surface area contributed by atoms with Crippen LogP contribution in [0.5, 0.6) is 0 Å². The van der Waals surface area contributed by atoms with Crippen LogP contribution in [0.25, 0.3) is 0 Å². The first-order valence-electron chi connectivity index (χ1n) is 23.6. The summed E-state index contributed by atoms with van der Waals surface area (Å²) in [4.78, 5) is 14.7. The van der Waals surface area contributed by atoms with Crippen molar-refractivity contribution in [1.29, 1.82) is 0 Å². The molecule has 7 fully saturated rings. The maximum absolute atomic E-state index is 14.7. The second-order valence-corrected chi connectivity index (χ2v) is 23.0. The van der Waals surface area contributed by atoms with Gasteiger partial charge in [-0.3, -0.25) is 4.79 Å². The molecule has 360 valence electrons. The van der Waals surface area contributed by atoms with E-state index in [9.17, 15) is 50.8 Å². The van der Waals surface area contributed by atoms with Crippen molar-refractivity contribution in [2.24, 2.45) is 50.2 Å². The molecular weight excluding hydrogens is 821 g/mol. The van der Waals surface area contributed by atoms with Gasteiger partial charge in [-0.1, -0.05) is 60.1 Å². The van der Waals surface area contributed by atoms with Crippen molar-refractivity contribution in [2.75, 3.05) is 13.2 Å². The summed E-state index contributed by atoms with van der Waals surface area (Å²) >= 11 is 0.